The Morgan fingerprint density at radius 3 is 2.30 bits per heavy atom. The van der Waals surface area contributed by atoms with E-state index in [4.69, 9.17) is 0 Å². The predicted octanol–water partition coefficient (Wildman–Crippen LogP) is 3.27. The van der Waals surface area contributed by atoms with Crippen molar-refractivity contribution in [3.05, 3.63) is 65.9 Å². The van der Waals surface area contributed by atoms with Crippen molar-refractivity contribution in [2.24, 2.45) is 0 Å². The van der Waals surface area contributed by atoms with E-state index in [2.05, 4.69) is 15.0 Å². The number of aromatic nitrogens is 1. The first-order chi connectivity index (χ1) is 15.5. The summed E-state index contributed by atoms with van der Waals surface area (Å²) in [5.41, 5.74) is 0.703. The molecule has 1 amide bonds. The zero-order valence-corrected chi connectivity index (χ0v) is 19.9. The van der Waals surface area contributed by atoms with E-state index in [1.165, 1.54) is 42.6 Å². The number of carbonyl (C=O) groups is 1. The molecule has 0 radical (unpaired) electrons. The van der Waals surface area contributed by atoms with E-state index >= 15 is 0 Å². The second kappa shape index (κ2) is 10.3. The van der Waals surface area contributed by atoms with Gasteiger partial charge in [-0.3, -0.25) is 13.8 Å². The minimum atomic E-state index is -3.80. The molecule has 0 fully saturated rings. The van der Waals surface area contributed by atoms with Crippen molar-refractivity contribution >= 4 is 53.8 Å². The van der Waals surface area contributed by atoms with Crippen LogP contribution in [0.1, 0.15) is 12.8 Å². The number of amides is 1. The number of hydrogen-bond donors (Lipinski definition) is 2. The Morgan fingerprint density at radius 2 is 1.73 bits per heavy atom. The van der Waals surface area contributed by atoms with Gasteiger partial charge in [0.2, 0.25) is 15.9 Å². The summed E-state index contributed by atoms with van der Waals surface area (Å²) < 4.78 is 65.4. The highest BCUT2D eigenvalue weighted by molar-refractivity contribution is 7.93. The molecule has 0 saturated carbocycles. The molecule has 1 aromatic heterocycles. The third-order valence-electron chi connectivity index (χ3n) is 4.38. The first-order valence-corrected chi connectivity index (χ1v) is 13.8. The van der Waals surface area contributed by atoms with Gasteiger partial charge in [0, 0.05) is 30.2 Å². The topological polar surface area (TPSA) is 126 Å². The molecule has 13 heteroatoms. The first-order valence-electron chi connectivity index (χ1n) is 9.60. The van der Waals surface area contributed by atoms with Gasteiger partial charge < -0.3 is 5.32 Å². The molecule has 0 spiro atoms. The minimum Gasteiger partial charge on any atom is -0.326 e. The molecular formula is C20H21FN4O5S3. The minimum absolute atomic E-state index is 0.0128. The van der Waals surface area contributed by atoms with Crippen molar-refractivity contribution in [1.82, 2.24) is 4.98 Å². The fraction of sp³-hybridized carbons (Fsp3) is 0.200. The zero-order valence-electron chi connectivity index (χ0n) is 17.4. The fourth-order valence-corrected chi connectivity index (χ4v) is 5.62. The number of benzene rings is 2. The van der Waals surface area contributed by atoms with Crippen LogP contribution in [0, 0.1) is 5.82 Å². The first kappa shape index (κ1) is 24.6. The van der Waals surface area contributed by atoms with Gasteiger partial charge in [-0.05, 0) is 55.0 Å². The van der Waals surface area contributed by atoms with Crippen LogP contribution in [0.5, 0.6) is 0 Å². The molecule has 0 unspecified atom stereocenters. The molecule has 3 rings (SSSR count). The largest absolute Gasteiger partial charge is 0.326 e. The lowest BCUT2D eigenvalue weighted by Crippen LogP contribution is -2.31. The molecule has 33 heavy (non-hydrogen) atoms. The molecule has 0 atom stereocenters. The summed E-state index contributed by atoms with van der Waals surface area (Å²) in [6.07, 6.45) is 2.77. The standard InChI is InChI=1S/C20H21FN4O5S3/c1-32(27,28)25(17-8-4-15(21)5-9-17)13-2-3-19(26)23-16-6-10-18(11-7-16)33(29,30)24-20-22-12-14-31-20/h4-12,14H,2-3,13H2,1H3,(H,22,24)(H,23,26). The summed E-state index contributed by atoms with van der Waals surface area (Å²) in [6.45, 7) is 0.0392. The van der Waals surface area contributed by atoms with Crippen LogP contribution >= 0.6 is 11.3 Å². The number of rotatable bonds is 10. The van der Waals surface area contributed by atoms with Crippen molar-refractivity contribution in [2.45, 2.75) is 17.7 Å². The summed E-state index contributed by atoms with van der Waals surface area (Å²) in [6, 6.07) is 10.7. The molecule has 1 heterocycles. The molecule has 0 aliphatic carbocycles. The maximum absolute atomic E-state index is 13.1. The molecular weight excluding hydrogens is 491 g/mol. The van der Waals surface area contributed by atoms with Crippen LogP contribution in [0.15, 0.2) is 65.0 Å². The quantitative estimate of drug-likeness (QED) is 0.430. The molecule has 2 aromatic carbocycles. The van der Waals surface area contributed by atoms with Gasteiger partial charge in [0.15, 0.2) is 5.13 Å². The van der Waals surface area contributed by atoms with Crippen LogP contribution in [0.3, 0.4) is 0 Å². The maximum Gasteiger partial charge on any atom is 0.263 e. The Kier molecular flexibility index (Phi) is 7.66. The van der Waals surface area contributed by atoms with E-state index in [9.17, 15) is 26.0 Å². The second-order valence-electron chi connectivity index (χ2n) is 6.93. The molecule has 0 bridgehead atoms. The number of halogens is 1. The predicted molar refractivity (Wildman–Crippen MR) is 126 cm³/mol. The Balaban J connectivity index is 1.55. The normalized spacial score (nSPS) is 11.7. The molecule has 3 aromatic rings. The summed E-state index contributed by atoms with van der Waals surface area (Å²) in [7, 11) is -7.41. The van der Waals surface area contributed by atoms with Gasteiger partial charge >= 0.3 is 0 Å². The molecule has 0 aliphatic heterocycles. The highest BCUT2D eigenvalue weighted by Gasteiger charge is 2.18. The average Bonchev–Trinajstić information content (AvgIpc) is 3.24. The monoisotopic (exact) mass is 512 g/mol. The van der Waals surface area contributed by atoms with Crippen LogP contribution in [-0.2, 0) is 24.8 Å². The lowest BCUT2D eigenvalue weighted by molar-refractivity contribution is -0.116. The average molecular weight is 513 g/mol. The smallest absolute Gasteiger partial charge is 0.263 e. The van der Waals surface area contributed by atoms with E-state index in [1.807, 2.05) is 0 Å². The summed E-state index contributed by atoms with van der Waals surface area (Å²) in [5, 5.41) is 4.53. The van der Waals surface area contributed by atoms with E-state index in [0.717, 1.165) is 34.0 Å². The second-order valence-corrected chi connectivity index (χ2v) is 11.4. The number of thiazole rings is 1. The molecule has 9 nitrogen and oxygen atoms in total. The van der Waals surface area contributed by atoms with Gasteiger partial charge in [0.05, 0.1) is 16.8 Å². The van der Waals surface area contributed by atoms with Crippen molar-refractivity contribution in [3.63, 3.8) is 0 Å². The van der Waals surface area contributed by atoms with Gasteiger partial charge in [-0.15, -0.1) is 11.3 Å². The van der Waals surface area contributed by atoms with Crippen LogP contribution in [0.2, 0.25) is 0 Å². The number of nitrogens with zero attached hydrogens (tertiary/aromatic N) is 2. The molecule has 0 aliphatic rings. The maximum atomic E-state index is 13.1. The highest BCUT2D eigenvalue weighted by atomic mass is 32.2. The Hall–Kier alpha value is -3.03. The van der Waals surface area contributed by atoms with Gasteiger partial charge in [0.1, 0.15) is 5.82 Å². The van der Waals surface area contributed by atoms with Crippen molar-refractivity contribution in [2.75, 3.05) is 27.1 Å². The van der Waals surface area contributed by atoms with Crippen LogP contribution in [0.25, 0.3) is 0 Å². The molecule has 2 N–H and O–H groups in total. The number of hydrogen-bond acceptors (Lipinski definition) is 7. The Labute approximate surface area is 195 Å². The van der Waals surface area contributed by atoms with Crippen LogP contribution in [-0.4, -0.2) is 40.5 Å². The van der Waals surface area contributed by atoms with E-state index in [0.29, 0.717) is 11.4 Å². The van der Waals surface area contributed by atoms with Gasteiger partial charge in [0.25, 0.3) is 10.0 Å². The Morgan fingerprint density at radius 1 is 1.06 bits per heavy atom. The third kappa shape index (κ3) is 6.97. The van der Waals surface area contributed by atoms with Gasteiger partial charge in [-0.25, -0.2) is 26.2 Å². The Bertz CT molecular complexity index is 1290. The van der Waals surface area contributed by atoms with Crippen molar-refractivity contribution < 1.29 is 26.0 Å². The summed E-state index contributed by atoms with van der Waals surface area (Å²) >= 11 is 1.15. The van der Waals surface area contributed by atoms with Crippen molar-refractivity contribution in [3.8, 4) is 0 Å². The lowest BCUT2D eigenvalue weighted by Gasteiger charge is -2.22. The van der Waals surface area contributed by atoms with Crippen LogP contribution < -0.4 is 14.3 Å². The third-order valence-corrected chi connectivity index (χ3v) is 7.75. The van der Waals surface area contributed by atoms with E-state index in [-0.39, 0.29) is 35.3 Å². The molecule has 176 valence electrons. The number of carbonyl (C=O) groups excluding carboxylic acids is 1. The summed E-state index contributed by atoms with van der Waals surface area (Å²) in [5.74, 6) is -0.844. The highest BCUT2D eigenvalue weighted by Crippen LogP contribution is 2.21. The van der Waals surface area contributed by atoms with E-state index in [1.54, 1.807) is 5.38 Å². The number of sulfonamides is 2. The molecule has 0 saturated heterocycles. The fourth-order valence-electron chi connectivity index (χ4n) is 2.87. The number of nitrogens with one attached hydrogen (secondary N) is 2. The lowest BCUT2D eigenvalue weighted by atomic mass is 10.2. The summed E-state index contributed by atoms with van der Waals surface area (Å²) in [4.78, 5) is 16.1. The zero-order chi connectivity index (χ0) is 24.1. The number of anilines is 3. The van der Waals surface area contributed by atoms with Gasteiger partial charge in [-0.1, -0.05) is 0 Å². The van der Waals surface area contributed by atoms with Crippen LogP contribution in [0.4, 0.5) is 20.9 Å². The van der Waals surface area contributed by atoms with Gasteiger partial charge in [-0.2, -0.15) is 0 Å². The van der Waals surface area contributed by atoms with E-state index < -0.39 is 25.9 Å². The SMILES string of the molecule is CS(=O)(=O)N(CCCC(=O)Nc1ccc(S(=O)(=O)Nc2nccs2)cc1)c1ccc(F)cc1. The van der Waals surface area contributed by atoms with Crippen molar-refractivity contribution in [1.29, 1.82) is 0 Å².